The molecule has 0 spiro atoms. The van der Waals surface area contributed by atoms with Crippen molar-refractivity contribution in [2.24, 2.45) is 17.6 Å². The Morgan fingerprint density at radius 1 is 1.26 bits per heavy atom. The molecule has 1 fully saturated rings. The second-order valence-corrected chi connectivity index (χ2v) is 6.00. The molecule has 1 aliphatic rings. The lowest BCUT2D eigenvalue weighted by Gasteiger charge is -2.31. The zero-order valence-corrected chi connectivity index (χ0v) is 11.5. The lowest BCUT2D eigenvalue weighted by Crippen LogP contribution is -2.26. The first-order chi connectivity index (χ1) is 9.25. The number of rotatable bonds is 2. The summed E-state index contributed by atoms with van der Waals surface area (Å²) in [6.07, 6.45) is 9.01. The highest BCUT2D eigenvalue weighted by atomic mass is 14.7. The fraction of sp³-hybridized carbons (Fsp3) is 0.471. The molecule has 2 aromatic rings. The summed E-state index contributed by atoms with van der Waals surface area (Å²) in [7, 11) is 0. The SMILES string of the molecule is CC1CCCC(C(N)c2cccc3ccncc23)C1. The maximum absolute atomic E-state index is 6.57. The first-order valence-corrected chi connectivity index (χ1v) is 7.34. The predicted molar refractivity (Wildman–Crippen MR) is 79.8 cm³/mol. The molecule has 0 bridgehead atoms. The molecule has 3 unspecified atom stereocenters. The van der Waals surface area contributed by atoms with Gasteiger partial charge in [-0.1, -0.05) is 38.0 Å². The second-order valence-electron chi connectivity index (χ2n) is 6.00. The molecule has 2 nitrogen and oxygen atoms in total. The number of pyridine rings is 1. The third-order valence-corrected chi connectivity index (χ3v) is 4.56. The Kier molecular flexibility index (Phi) is 3.52. The molecule has 2 heteroatoms. The van der Waals surface area contributed by atoms with Crippen molar-refractivity contribution in [3.05, 3.63) is 42.2 Å². The molecule has 1 heterocycles. The molecule has 0 saturated heterocycles. The van der Waals surface area contributed by atoms with Crippen LogP contribution >= 0.6 is 0 Å². The molecule has 1 saturated carbocycles. The first kappa shape index (κ1) is 12.6. The van der Waals surface area contributed by atoms with Crippen molar-refractivity contribution in [1.29, 1.82) is 0 Å². The highest BCUT2D eigenvalue weighted by molar-refractivity contribution is 5.85. The van der Waals surface area contributed by atoms with Crippen molar-refractivity contribution < 1.29 is 0 Å². The summed E-state index contributed by atoms with van der Waals surface area (Å²) in [5.41, 5.74) is 7.84. The Labute approximate surface area is 115 Å². The van der Waals surface area contributed by atoms with Crippen LogP contribution in [-0.2, 0) is 0 Å². The summed E-state index contributed by atoms with van der Waals surface area (Å²) in [6, 6.07) is 8.64. The van der Waals surface area contributed by atoms with Crippen LogP contribution in [0.5, 0.6) is 0 Å². The van der Waals surface area contributed by atoms with E-state index in [1.165, 1.54) is 42.0 Å². The van der Waals surface area contributed by atoms with Crippen LogP contribution < -0.4 is 5.73 Å². The zero-order chi connectivity index (χ0) is 13.2. The van der Waals surface area contributed by atoms with Crippen molar-refractivity contribution in [3.63, 3.8) is 0 Å². The van der Waals surface area contributed by atoms with Gasteiger partial charge in [0.25, 0.3) is 0 Å². The van der Waals surface area contributed by atoms with Crippen LogP contribution in [0.15, 0.2) is 36.7 Å². The monoisotopic (exact) mass is 254 g/mol. The van der Waals surface area contributed by atoms with Gasteiger partial charge >= 0.3 is 0 Å². The largest absolute Gasteiger partial charge is 0.324 e. The van der Waals surface area contributed by atoms with Gasteiger partial charge in [0.2, 0.25) is 0 Å². The van der Waals surface area contributed by atoms with Crippen LogP contribution in [0.3, 0.4) is 0 Å². The van der Waals surface area contributed by atoms with Crippen LogP contribution in [0.1, 0.15) is 44.2 Å². The molecule has 0 amide bonds. The summed E-state index contributed by atoms with van der Waals surface area (Å²) >= 11 is 0. The maximum Gasteiger partial charge on any atom is 0.0349 e. The molecule has 2 N–H and O–H groups in total. The topological polar surface area (TPSA) is 38.9 Å². The van der Waals surface area contributed by atoms with Gasteiger partial charge in [-0.05, 0) is 41.7 Å². The molecule has 1 aromatic heterocycles. The van der Waals surface area contributed by atoms with E-state index in [2.05, 4.69) is 36.2 Å². The van der Waals surface area contributed by atoms with Crippen molar-refractivity contribution in [1.82, 2.24) is 4.98 Å². The average Bonchev–Trinajstić information content (AvgIpc) is 2.46. The quantitative estimate of drug-likeness (QED) is 0.877. The van der Waals surface area contributed by atoms with Crippen LogP contribution in [0, 0.1) is 11.8 Å². The minimum Gasteiger partial charge on any atom is -0.324 e. The van der Waals surface area contributed by atoms with Crippen LogP contribution in [0.4, 0.5) is 0 Å². The van der Waals surface area contributed by atoms with E-state index in [-0.39, 0.29) is 6.04 Å². The fourth-order valence-corrected chi connectivity index (χ4v) is 3.49. The van der Waals surface area contributed by atoms with Crippen molar-refractivity contribution in [2.45, 2.75) is 38.6 Å². The van der Waals surface area contributed by atoms with E-state index in [0.29, 0.717) is 5.92 Å². The molecule has 100 valence electrons. The summed E-state index contributed by atoms with van der Waals surface area (Å²) < 4.78 is 0. The Hall–Kier alpha value is -1.41. The van der Waals surface area contributed by atoms with E-state index < -0.39 is 0 Å². The molecular formula is C17H22N2. The Balaban J connectivity index is 1.95. The van der Waals surface area contributed by atoms with Gasteiger partial charge in [0.1, 0.15) is 0 Å². The van der Waals surface area contributed by atoms with E-state index >= 15 is 0 Å². The van der Waals surface area contributed by atoms with Gasteiger partial charge in [-0.15, -0.1) is 0 Å². The average molecular weight is 254 g/mol. The molecular weight excluding hydrogens is 232 g/mol. The van der Waals surface area contributed by atoms with Crippen LogP contribution in [0.25, 0.3) is 10.8 Å². The van der Waals surface area contributed by atoms with E-state index in [0.717, 1.165) is 5.92 Å². The third-order valence-electron chi connectivity index (χ3n) is 4.56. The van der Waals surface area contributed by atoms with Crippen molar-refractivity contribution >= 4 is 10.8 Å². The summed E-state index contributed by atoms with van der Waals surface area (Å²) in [4.78, 5) is 4.26. The molecule has 0 aliphatic heterocycles. The summed E-state index contributed by atoms with van der Waals surface area (Å²) in [5, 5.41) is 2.46. The lowest BCUT2D eigenvalue weighted by atomic mass is 9.76. The van der Waals surface area contributed by atoms with E-state index in [4.69, 9.17) is 5.73 Å². The summed E-state index contributed by atoms with van der Waals surface area (Å²) in [5.74, 6) is 1.44. The minimum absolute atomic E-state index is 0.149. The van der Waals surface area contributed by atoms with E-state index in [9.17, 15) is 0 Å². The number of aromatic nitrogens is 1. The smallest absolute Gasteiger partial charge is 0.0349 e. The predicted octanol–water partition coefficient (Wildman–Crippen LogP) is 4.06. The van der Waals surface area contributed by atoms with Gasteiger partial charge in [0.15, 0.2) is 0 Å². The fourth-order valence-electron chi connectivity index (χ4n) is 3.49. The highest BCUT2D eigenvalue weighted by Crippen LogP contribution is 2.37. The van der Waals surface area contributed by atoms with Gasteiger partial charge in [0.05, 0.1) is 0 Å². The van der Waals surface area contributed by atoms with Gasteiger partial charge in [-0.25, -0.2) is 0 Å². The number of nitrogens with two attached hydrogens (primary N) is 1. The van der Waals surface area contributed by atoms with Gasteiger partial charge in [-0.3, -0.25) is 4.98 Å². The number of hydrogen-bond donors (Lipinski definition) is 1. The van der Waals surface area contributed by atoms with Gasteiger partial charge in [-0.2, -0.15) is 0 Å². The molecule has 19 heavy (non-hydrogen) atoms. The van der Waals surface area contributed by atoms with E-state index in [1.807, 2.05) is 12.4 Å². The standard InChI is InChI=1S/C17H22N2/c1-12-4-2-6-14(10-12)17(18)15-7-3-5-13-8-9-19-11-16(13)15/h3,5,7-9,11-12,14,17H,2,4,6,10,18H2,1H3. The zero-order valence-electron chi connectivity index (χ0n) is 11.5. The summed E-state index contributed by atoms with van der Waals surface area (Å²) in [6.45, 7) is 2.35. The lowest BCUT2D eigenvalue weighted by molar-refractivity contribution is 0.248. The normalized spacial score (nSPS) is 25.4. The van der Waals surface area contributed by atoms with Gasteiger partial charge in [0, 0.05) is 23.8 Å². The van der Waals surface area contributed by atoms with Crippen molar-refractivity contribution in [3.8, 4) is 0 Å². The number of hydrogen-bond acceptors (Lipinski definition) is 2. The Bertz CT molecular complexity index is 559. The first-order valence-electron chi connectivity index (χ1n) is 7.34. The Morgan fingerprint density at radius 2 is 2.16 bits per heavy atom. The number of benzene rings is 1. The second kappa shape index (κ2) is 5.30. The van der Waals surface area contributed by atoms with Crippen molar-refractivity contribution in [2.75, 3.05) is 0 Å². The minimum atomic E-state index is 0.149. The van der Waals surface area contributed by atoms with Gasteiger partial charge < -0.3 is 5.73 Å². The molecule has 3 rings (SSSR count). The number of fused-ring (bicyclic) bond motifs is 1. The number of nitrogens with zero attached hydrogens (tertiary/aromatic N) is 1. The maximum atomic E-state index is 6.57. The molecule has 1 aliphatic carbocycles. The Morgan fingerprint density at radius 3 is 3.00 bits per heavy atom. The van der Waals surface area contributed by atoms with Crippen LogP contribution in [0.2, 0.25) is 0 Å². The van der Waals surface area contributed by atoms with E-state index in [1.54, 1.807) is 0 Å². The third kappa shape index (κ3) is 2.50. The molecule has 0 radical (unpaired) electrons. The molecule has 1 aromatic carbocycles. The van der Waals surface area contributed by atoms with Crippen LogP contribution in [-0.4, -0.2) is 4.98 Å². The molecule has 3 atom stereocenters. The highest BCUT2D eigenvalue weighted by Gasteiger charge is 2.26.